The normalized spacial score (nSPS) is 10.4. The third-order valence-corrected chi connectivity index (χ3v) is 3.03. The molecule has 7 nitrogen and oxygen atoms in total. The number of carboxylic acids is 1. The largest absolute Gasteiger partial charge is 0.480 e. The highest BCUT2D eigenvalue weighted by atomic mass is 32.2. The van der Waals surface area contributed by atoms with Gasteiger partial charge in [-0.3, -0.25) is 4.79 Å². The predicted molar refractivity (Wildman–Crippen MR) is 58.5 cm³/mol. The van der Waals surface area contributed by atoms with E-state index in [9.17, 15) is 4.79 Å². The molecule has 2 heterocycles. The Morgan fingerprint density at radius 1 is 1.59 bits per heavy atom. The number of aromatic nitrogens is 5. The Morgan fingerprint density at radius 2 is 2.41 bits per heavy atom. The van der Waals surface area contributed by atoms with Gasteiger partial charge in [-0.25, -0.2) is 9.67 Å². The Kier molecular flexibility index (Phi) is 3.33. The average Bonchev–Trinajstić information content (AvgIpc) is 2.68. The summed E-state index contributed by atoms with van der Waals surface area (Å²) in [6.07, 6.45) is 1.67. The van der Waals surface area contributed by atoms with Crippen LogP contribution in [0.3, 0.4) is 0 Å². The van der Waals surface area contributed by atoms with E-state index in [2.05, 4.69) is 20.5 Å². The van der Waals surface area contributed by atoms with Gasteiger partial charge in [0, 0.05) is 6.20 Å². The zero-order chi connectivity index (χ0) is 12.3. The number of aryl methyl sites for hydroxylation is 1. The molecule has 0 amide bonds. The highest BCUT2D eigenvalue weighted by Gasteiger charge is 2.12. The lowest BCUT2D eigenvalue weighted by Crippen LogP contribution is -2.11. The van der Waals surface area contributed by atoms with Crippen molar-refractivity contribution in [3.63, 3.8) is 0 Å². The third kappa shape index (κ3) is 2.78. The van der Waals surface area contributed by atoms with Gasteiger partial charge in [-0.05, 0) is 40.7 Å². The number of rotatable bonds is 4. The first-order chi connectivity index (χ1) is 8.16. The molecule has 0 saturated heterocycles. The molecule has 0 saturated carbocycles. The molecule has 0 aliphatic rings. The van der Waals surface area contributed by atoms with E-state index < -0.39 is 5.97 Å². The Bertz CT molecular complexity index is 542. The molecule has 2 rings (SSSR count). The summed E-state index contributed by atoms with van der Waals surface area (Å²) in [5.41, 5.74) is 0.988. The summed E-state index contributed by atoms with van der Waals surface area (Å²) in [6.45, 7) is 1.65. The number of tetrazole rings is 1. The molecule has 1 N–H and O–H groups in total. The van der Waals surface area contributed by atoms with E-state index in [0.717, 1.165) is 10.6 Å². The molecule has 0 atom stereocenters. The molecular weight excluding hydrogens is 242 g/mol. The average molecular weight is 251 g/mol. The van der Waals surface area contributed by atoms with Gasteiger partial charge in [0.2, 0.25) is 5.16 Å². The van der Waals surface area contributed by atoms with Crippen LogP contribution in [-0.4, -0.2) is 36.3 Å². The zero-order valence-electron chi connectivity index (χ0n) is 8.94. The molecule has 0 bridgehead atoms. The quantitative estimate of drug-likeness (QED) is 0.850. The van der Waals surface area contributed by atoms with E-state index in [1.54, 1.807) is 6.20 Å². The van der Waals surface area contributed by atoms with E-state index in [1.807, 2.05) is 19.1 Å². The van der Waals surface area contributed by atoms with Crippen molar-refractivity contribution in [1.29, 1.82) is 0 Å². The fraction of sp³-hybridized carbons (Fsp3) is 0.222. The van der Waals surface area contributed by atoms with Crippen LogP contribution < -0.4 is 0 Å². The van der Waals surface area contributed by atoms with Crippen molar-refractivity contribution in [1.82, 2.24) is 25.2 Å². The maximum absolute atomic E-state index is 10.6. The first-order valence-electron chi connectivity index (χ1n) is 4.74. The minimum absolute atomic E-state index is 0.263. The predicted octanol–water partition coefficient (Wildman–Crippen LogP) is 0.612. The van der Waals surface area contributed by atoms with Gasteiger partial charge in [0.1, 0.15) is 11.6 Å². The second-order valence-corrected chi connectivity index (χ2v) is 4.20. The second kappa shape index (κ2) is 4.91. The standard InChI is InChI=1S/C9H9N5O2S/c1-6-3-2-4-10-8(6)17-9-11-12-13-14(9)5-7(15)16/h2-4H,5H2,1H3,(H,15,16). The first kappa shape index (κ1) is 11.5. The molecule has 2 aromatic heterocycles. The van der Waals surface area contributed by atoms with Gasteiger partial charge in [0.05, 0.1) is 0 Å². The van der Waals surface area contributed by atoms with Crippen LogP contribution in [0.15, 0.2) is 28.5 Å². The van der Waals surface area contributed by atoms with Gasteiger partial charge >= 0.3 is 5.97 Å². The minimum atomic E-state index is -0.989. The highest BCUT2D eigenvalue weighted by Crippen LogP contribution is 2.25. The fourth-order valence-corrected chi connectivity index (χ4v) is 1.96. The monoisotopic (exact) mass is 251 g/mol. The van der Waals surface area contributed by atoms with Gasteiger partial charge < -0.3 is 5.11 Å². The Hall–Kier alpha value is -1.96. The summed E-state index contributed by atoms with van der Waals surface area (Å²) in [4.78, 5) is 14.8. The van der Waals surface area contributed by atoms with Crippen LogP contribution in [0.5, 0.6) is 0 Å². The number of carbonyl (C=O) groups is 1. The number of aliphatic carboxylic acids is 1. The van der Waals surface area contributed by atoms with Gasteiger partial charge in [0.15, 0.2) is 0 Å². The molecule has 2 aromatic rings. The summed E-state index contributed by atoms with van der Waals surface area (Å²) in [5, 5.41) is 20.7. The van der Waals surface area contributed by atoms with E-state index in [-0.39, 0.29) is 6.54 Å². The van der Waals surface area contributed by atoms with Crippen molar-refractivity contribution in [3.05, 3.63) is 23.9 Å². The van der Waals surface area contributed by atoms with Gasteiger partial charge in [0.25, 0.3) is 0 Å². The Morgan fingerprint density at radius 3 is 3.12 bits per heavy atom. The van der Waals surface area contributed by atoms with Crippen LogP contribution in [-0.2, 0) is 11.3 Å². The smallest absolute Gasteiger partial charge is 0.325 e. The maximum Gasteiger partial charge on any atom is 0.325 e. The zero-order valence-corrected chi connectivity index (χ0v) is 9.76. The number of nitrogens with zero attached hydrogens (tertiary/aromatic N) is 5. The van der Waals surface area contributed by atoms with E-state index in [4.69, 9.17) is 5.11 Å². The van der Waals surface area contributed by atoms with Crippen LogP contribution in [0.1, 0.15) is 5.56 Å². The molecule has 0 aliphatic carbocycles. The van der Waals surface area contributed by atoms with Crippen LogP contribution >= 0.6 is 11.8 Å². The van der Waals surface area contributed by atoms with E-state index >= 15 is 0 Å². The number of carboxylic acid groups (broad SMARTS) is 1. The van der Waals surface area contributed by atoms with Crippen molar-refractivity contribution in [2.75, 3.05) is 0 Å². The van der Waals surface area contributed by atoms with Crippen molar-refractivity contribution < 1.29 is 9.90 Å². The van der Waals surface area contributed by atoms with E-state index in [0.29, 0.717) is 5.16 Å². The van der Waals surface area contributed by atoms with Crippen molar-refractivity contribution >= 4 is 17.7 Å². The summed E-state index contributed by atoms with van der Waals surface area (Å²) in [6, 6.07) is 3.75. The lowest BCUT2D eigenvalue weighted by atomic mass is 10.3. The topological polar surface area (TPSA) is 93.8 Å². The maximum atomic E-state index is 10.6. The van der Waals surface area contributed by atoms with Gasteiger partial charge in [-0.1, -0.05) is 6.07 Å². The van der Waals surface area contributed by atoms with Gasteiger partial charge in [-0.15, -0.1) is 5.10 Å². The number of pyridine rings is 1. The van der Waals surface area contributed by atoms with Crippen LogP contribution in [0.25, 0.3) is 0 Å². The number of hydrogen-bond donors (Lipinski definition) is 1. The summed E-state index contributed by atoms with van der Waals surface area (Å²) >= 11 is 1.24. The van der Waals surface area contributed by atoms with Crippen LogP contribution in [0.4, 0.5) is 0 Å². The molecule has 0 spiro atoms. The minimum Gasteiger partial charge on any atom is -0.480 e. The molecule has 8 heteroatoms. The molecule has 0 unspecified atom stereocenters. The van der Waals surface area contributed by atoms with Crippen molar-refractivity contribution in [3.8, 4) is 0 Å². The molecule has 17 heavy (non-hydrogen) atoms. The molecule has 0 radical (unpaired) electrons. The lowest BCUT2D eigenvalue weighted by Gasteiger charge is -2.02. The second-order valence-electron chi connectivity index (χ2n) is 3.24. The third-order valence-electron chi connectivity index (χ3n) is 1.93. The molecular formula is C9H9N5O2S. The van der Waals surface area contributed by atoms with Crippen LogP contribution in [0, 0.1) is 6.92 Å². The molecule has 0 aromatic carbocycles. The fourth-order valence-electron chi connectivity index (χ4n) is 1.16. The number of hydrogen-bond acceptors (Lipinski definition) is 6. The summed E-state index contributed by atoms with van der Waals surface area (Å²) in [5.74, 6) is -0.989. The lowest BCUT2D eigenvalue weighted by molar-refractivity contribution is -0.138. The van der Waals surface area contributed by atoms with Crippen molar-refractivity contribution in [2.24, 2.45) is 0 Å². The van der Waals surface area contributed by atoms with Crippen LogP contribution in [0.2, 0.25) is 0 Å². The highest BCUT2D eigenvalue weighted by molar-refractivity contribution is 7.99. The summed E-state index contributed by atoms with van der Waals surface area (Å²) in [7, 11) is 0. The first-order valence-corrected chi connectivity index (χ1v) is 5.56. The Labute approximate surface area is 101 Å². The molecule has 0 aliphatic heterocycles. The molecule has 0 fully saturated rings. The summed E-state index contributed by atoms with van der Waals surface area (Å²) < 4.78 is 1.22. The SMILES string of the molecule is Cc1cccnc1Sc1nnnn1CC(=O)O. The van der Waals surface area contributed by atoms with E-state index in [1.165, 1.54) is 16.4 Å². The van der Waals surface area contributed by atoms with Gasteiger partial charge in [-0.2, -0.15) is 0 Å². The van der Waals surface area contributed by atoms with Crippen molar-refractivity contribution in [2.45, 2.75) is 23.7 Å². The Balaban J connectivity index is 2.22. The molecule has 88 valence electrons.